The lowest BCUT2D eigenvalue weighted by molar-refractivity contribution is -0.137. The molecule has 0 aromatic heterocycles. The first-order valence-corrected chi connectivity index (χ1v) is 6.05. The van der Waals surface area contributed by atoms with Gasteiger partial charge in [-0.25, -0.2) is 0 Å². The molecule has 0 amide bonds. The monoisotopic (exact) mass is 331 g/mol. The van der Waals surface area contributed by atoms with Gasteiger partial charge in [0.1, 0.15) is 11.5 Å². The SMILES string of the molecule is Nc1cc(Oc2ccc(Br)cc2)cc(C(F)(F)F)c1. The molecule has 100 valence electrons. The van der Waals surface area contributed by atoms with Crippen molar-refractivity contribution in [2.45, 2.75) is 6.18 Å². The lowest BCUT2D eigenvalue weighted by atomic mass is 10.2. The molecule has 0 aliphatic carbocycles. The van der Waals surface area contributed by atoms with E-state index in [0.29, 0.717) is 5.75 Å². The molecular formula is C13H9BrF3NO. The zero-order valence-electron chi connectivity index (χ0n) is 9.54. The second-order valence-corrected chi connectivity index (χ2v) is 4.76. The van der Waals surface area contributed by atoms with E-state index in [2.05, 4.69) is 15.9 Å². The zero-order chi connectivity index (χ0) is 14.0. The lowest BCUT2D eigenvalue weighted by Crippen LogP contribution is -2.06. The molecule has 0 unspecified atom stereocenters. The van der Waals surface area contributed by atoms with Gasteiger partial charge in [-0.15, -0.1) is 0 Å². The molecule has 2 aromatic carbocycles. The van der Waals surface area contributed by atoms with Crippen LogP contribution in [-0.2, 0) is 6.18 Å². The molecule has 0 radical (unpaired) electrons. The molecule has 0 saturated heterocycles. The van der Waals surface area contributed by atoms with Gasteiger partial charge in [-0.3, -0.25) is 0 Å². The largest absolute Gasteiger partial charge is 0.457 e. The van der Waals surface area contributed by atoms with Gasteiger partial charge >= 0.3 is 6.18 Å². The van der Waals surface area contributed by atoms with Gasteiger partial charge in [-0.05, 0) is 36.4 Å². The lowest BCUT2D eigenvalue weighted by Gasteiger charge is -2.11. The quantitative estimate of drug-likeness (QED) is 0.799. The third kappa shape index (κ3) is 3.64. The van der Waals surface area contributed by atoms with Crippen LogP contribution in [0.2, 0.25) is 0 Å². The number of rotatable bonds is 2. The van der Waals surface area contributed by atoms with Crippen LogP contribution in [0.3, 0.4) is 0 Å². The maximum atomic E-state index is 12.6. The Bertz CT molecular complexity index is 581. The molecule has 2 rings (SSSR count). The molecule has 6 heteroatoms. The third-order valence-corrected chi connectivity index (χ3v) is 2.83. The molecule has 0 saturated carbocycles. The highest BCUT2D eigenvalue weighted by atomic mass is 79.9. The predicted octanol–water partition coefficient (Wildman–Crippen LogP) is 4.84. The fourth-order valence-electron chi connectivity index (χ4n) is 1.48. The molecule has 19 heavy (non-hydrogen) atoms. The van der Waals surface area contributed by atoms with Crippen LogP contribution < -0.4 is 10.5 Å². The second kappa shape index (κ2) is 5.13. The van der Waals surface area contributed by atoms with E-state index in [1.165, 1.54) is 6.07 Å². The molecule has 0 spiro atoms. The predicted molar refractivity (Wildman–Crippen MR) is 70.1 cm³/mol. The zero-order valence-corrected chi connectivity index (χ0v) is 11.1. The van der Waals surface area contributed by atoms with E-state index in [-0.39, 0.29) is 11.4 Å². The van der Waals surface area contributed by atoms with Crippen LogP contribution in [0.15, 0.2) is 46.9 Å². The molecule has 0 heterocycles. The van der Waals surface area contributed by atoms with Gasteiger partial charge < -0.3 is 10.5 Å². The number of ether oxygens (including phenoxy) is 1. The van der Waals surface area contributed by atoms with Gasteiger partial charge in [0, 0.05) is 16.2 Å². The summed E-state index contributed by atoms with van der Waals surface area (Å²) in [6, 6.07) is 9.86. The van der Waals surface area contributed by atoms with Crippen LogP contribution >= 0.6 is 15.9 Å². The molecule has 2 N–H and O–H groups in total. The minimum atomic E-state index is -4.45. The fraction of sp³-hybridized carbons (Fsp3) is 0.0769. The molecule has 2 aromatic rings. The topological polar surface area (TPSA) is 35.2 Å². The van der Waals surface area contributed by atoms with Crippen molar-refractivity contribution in [3.63, 3.8) is 0 Å². The first-order valence-electron chi connectivity index (χ1n) is 5.26. The molecule has 0 atom stereocenters. The Morgan fingerprint density at radius 1 is 0.947 bits per heavy atom. The second-order valence-electron chi connectivity index (χ2n) is 3.84. The molecule has 0 fully saturated rings. The van der Waals surface area contributed by atoms with Crippen LogP contribution in [0.4, 0.5) is 18.9 Å². The van der Waals surface area contributed by atoms with Gasteiger partial charge in [0.05, 0.1) is 5.56 Å². The van der Waals surface area contributed by atoms with Crippen molar-refractivity contribution in [1.82, 2.24) is 0 Å². The Morgan fingerprint density at radius 3 is 2.16 bits per heavy atom. The first-order chi connectivity index (χ1) is 8.84. The minimum Gasteiger partial charge on any atom is -0.457 e. The van der Waals surface area contributed by atoms with Crippen molar-refractivity contribution in [3.8, 4) is 11.5 Å². The van der Waals surface area contributed by atoms with Crippen molar-refractivity contribution in [1.29, 1.82) is 0 Å². The van der Waals surface area contributed by atoms with Crippen LogP contribution in [0, 0.1) is 0 Å². The summed E-state index contributed by atoms with van der Waals surface area (Å²) >= 11 is 3.26. The van der Waals surface area contributed by atoms with Crippen molar-refractivity contribution < 1.29 is 17.9 Å². The maximum Gasteiger partial charge on any atom is 0.416 e. The summed E-state index contributed by atoms with van der Waals surface area (Å²) < 4.78 is 44.1. The molecule has 0 aliphatic rings. The summed E-state index contributed by atoms with van der Waals surface area (Å²) in [5, 5.41) is 0. The summed E-state index contributed by atoms with van der Waals surface area (Å²) in [6.45, 7) is 0. The van der Waals surface area contributed by atoms with Gasteiger partial charge in [-0.2, -0.15) is 13.2 Å². The van der Waals surface area contributed by atoms with E-state index in [0.717, 1.165) is 16.6 Å². The fourth-order valence-corrected chi connectivity index (χ4v) is 1.75. The van der Waals surface area contributed by atoms with Crippen molar-refractivity contribution >= 4 is 21.6 Å². The summed E-state index contributed by atoms with van der Waals surface area (Å²) in [5.41, 5.74) is 4.61. The number of hydrogen-bond donors (Lipinski definition) is 1. The van der Waals surface area contributed by atoms with E-state index in [9.17, 15) is 13.2 Å². The molecule has 0 bridgehead atoms. The maximum absolute atomic E-state index is 12.6. The standard InChI is InChI=1S/C13H9BrF3NO/c14-9-1-3-11(4-2-9)19-12-6-8(13(15,16)17)5-10(18)7-12/h1-7H,18H2. The number of nitrogens with two attached hydrogens (primary N) is 1. The van der Waals surface area contributed by atoms with Crippen LogP contribution in [0.1, 0.15) is 5.56 Å². The normalized spacial score (nSPS) is 11.4. The third-order valence-electron chi connectivity index (χ3n) is 2.31. The van der Waals surface area contributed by atoms with E-state index in [4.69, 9.17) is 10.5 Å². The van der Waals surface area contributed by atoms with Crippen LogP contribution in [0.25, 0.3) is 0 Å². The van der Waals surface area contributed by atoms with Gasteiger partial charge in [0.15, 0.2) is 0 Å². The highest BCUT2D eigenvalue weighted by Crippen LogP contribution is 2.34. The Labute approximate surface area is 116 Å². The minimum absolute atomic E-state index is 0.00179. The Balaban J connectivity index is 2.30. The highest BCUT2D eigenvalue weighted by molar-refractivity contribution is 9.10. The van der Waals surface area contributed by atoms with Crippen molar-refractivity contribution in [2.75, 3.05) is 5.73 Å². The number of hydrogen-bond acceptors (Lipinski definition) is 2. The Morgan fingerprint density at radius 2 is 1.58 bits per heavy atom. The Hall–Kier alpha value is -1.69. The number of halogens is 4. The molecule has 0 aliphatic heterocycles. The summed E-state index contributed by atoms with van der Waals surface area (Å²) in [4.78, 5) is 0. The van der Waals surface area contributed by atoms with Gasteiger partial charge in [0.25, 0.3) is 0 Å². The summed E-state index contributed by atoms with van der Waals surface area (Å²) in [7, 11) is 0. The summed E-state index contributed by atoms with van der Waals surface area (Å²) in [5.74, 6) is 0.483. The number of nitrogen functional groups attached to an aromatic ring is 1. The first kappa shape index (κ1) is 13.7. The molecular weight excluding hydrogens is 323 g/mol. The van der Waals surface area contributed by atoms with Crippen LogP contribution in [0.5, 0.6) is 11.5 Å². The number of anilines is 1. The van der Waals surface area contributed by atoms with Crippen molar-refractivity contribution in [2.24, 2.45) is 0 Å². The molecule has 2 nitrogen and oxygen atoms in total. The van der Waals surface area contributed by atoms with E-state index < -0.39 is 11.7 Å². The number of benzene rings is 2. The smallest absolute Gasteiger partial charge is 0.416 e. The Kier molecular flexibility index (Phi) is 3.71. The van der Waals surface area contributed by atoms with Gasteiger partial charge in [-0.1, -0.05) is 15.9 Å². The number of alkyl halides is 3. The van der Waals surface area contributed by atoms with Crippen molar-refractivity contribution in [3.05, 3.63) is 52.5 Å². The van der Waals surface area contributed by atoms with Gasteiger partial charge in [0.2, 0.25) is 0 Å². The summed E-state index contributed by atoms with van der Waals surface area (Å²) in [6.07, 6.45) is -4.45. The average Bonchev–Trinajstić information content (AvgIpc) is 2.30. The highest BCUT2D eigenvalue weighted by Gasteiger charge is 2.31. The van der Waals surface area contributed by atoms with E-state index in [1.807, 2.05) is 0 Å². The van der Waals surface area contributed by atoms with E-state index in [1.54, 1.807) is 24.3 Å². The van der Waals surface area contributed by atoms with E-state index >= 15 is 0 Å². The average molecular weight is 332 g/mol. The van der Waals surface area contributed by atoms with Crippen LogP contribution in [-0.4, -0.2) is 0 Å².